The molecule has 1 aromatic rings. The third-order valence-electron chi connectivity index (χ3n) is 2.46. The van der Waals surface area contributed by atoms with Gasteiger partial charge >= 0.3 is 11.9 Å². The second-order valence-electron chi connectivity index (χ2n) is 4.04. The number of nitrogens with one attached hydrogen (secondary N) is 1. The highest BCUT2D eigenvalue weighted by atomic mass is 32.2. The van der Waals surface area contributed by atoms with Crippen LogP contribution >= 0.6 is 0 Å². The molecule has 0 aliphatic heterocycles. The lowest BCUT2D eigenvalue weighted by atomic mass is 10.2. The summed E-state index contributed by atoms with van der Waals surface area (Å²) in [6, 6.07) is 5.76. The summed E-state index contributed by atoms with van der Waals surface area (Å²) < 4.78 is 35.1. The van der Waals surface area contributed by atoms with E-state index in [0.29, 0.717) is 11.3 Å². The van der Waals surface area contributed by atoms with Gasteiger partial charge in [0.1, 0.15) is 0 Å². The summed E-state index contributed by atoms with van der Waals surface area (Å²) in [6.45, 7) is 1.86. The molecule has 0 fully saturated rings. The van der Waals surface area contributed by atoms with Crippen molar-refractivity contribution in [3.8, 4) is 0 Å². The van der Waals surface area contributed by atoms with E-state index < -0.39 is 22.0 Å². The Morgan fingerprint density at radius 2 is 1.81 bits per heavy atom. The van der Waals surface area contributed by atoms with Gasteiger partial charge in [-0.05, 0) is 31.2 Å². The van der Waals surface area contributed by atoms with Gasteiger partial charge in [-0.3, -0.25) is 9.52 Å². The molecule has 0 radical (unpaired) electrons. The number of rotatable bonds is 7. The standard InChI is InChI=1S/C13H17NO6S/c1-3-20-12(15)8-9-21(17,18)14-11-6-4-10(5-7-11)13(16)19-2/h4-7,14H,3,8-9H2,1-2H3. The van der Waals surface area contributed by atoms with Crippen LogP contribution in [0.1, 0.15) is 23.7 Å². The number of carbonyl (C=O) groups excluding carboxylic acids is 2. The molecule has 0 spiro atoms. The van der Waals surface area contributed by atoms with Gasteiger partial charge in [-0.25, -0.2) is 13.2 Å². The van der Waals surface area contributed by atoms with Crippen LogP contribution in [0.2, 0.25) is 0 Å². The van der Waals surface area contributed by atoms with Crippen molar-refractivity contribution in [2.24, 2.45) is 0 Å². The lowest BCUT2D eigenvalue weighted by molar-refractivity contribution is -0.142. The number of methoxy groups -OCH3 is 1. The van der Waals surface area contributed by atoms with E-state index in [-0.39, 0.29) is 18.8 Å². The quantitative estimate of drug-likeness (QED) is 0.758. The summed E-state index contributed by atoms with van der Waals surface area (Å²) in [5.74, 6) is -1.44. The second kappa shape index (κ2) is 7.63. The smallest absolute Gasteiger partial charge is 0.337 e. The summed E-state index contributed by atoms with van der Waals surface area (Å²) in [5.41, 5.74) is 0.610. The maximum atomic E-state index is 11.8. The number of hydrogen-bond donors (Lipinski definition) is 1. The molecule has 0 aliphatic rings. The Labute approximate surface area is 123 Å². The van der Waals surface area contributed by atoms with Gasteiger partial charge < -0.3 is 9.47 Å². The SMILES string of the molecule is CCOC(=O)CCS(=O)(=O)Nc1ccc(C(=O)OC)cc1. The Morgan fingerprint density at radius 1 is 1.19 bits per heavy atom. The van der Waals surface area contributed by atoms with E-state index in [1.165, 1.54) is 31.4 Å². The van der Waals surface area contributed by atoms with Crippen molar-refractivity contribution in [1.82, 2.24) is 0 Å². The van der Waals surface area contributed by atoms with Crippen molar-refractivity contribution in [3.63, 3.8) is 0 Å². The van der Waals surface area contributed by atoms with Crippen LogP contribution in [0.25, 0.3) is 0 Å². The molecule has 0 saturated heterocycles. The molecule has 0 amide bonds. The first-order valence-electron chi connectivity index (χ1n) is 6.22. The molecule has 0 saturated carbocycles. The molecule has 0 heterocycles. The first kappa shape index (κ1) is 17.0. The van der Waals surface area contributed by atoms with Gasteiger partial charge in [-0.1, -0.05) is 0 Å². The van der Waals surface area contributed by atoms with Gasteiger partial charge in [-0.2, -0.15) is 0 Å². The fraction of sp³-hybridized carbons (Fsp3) is 0.385. The normalized spacial score (nSPS) is 10.8. The maximum Gasteiger partial charge on any atom is 0.337 e. The summed E-state index contributed by atoms with van der Waals surface area (Å²) >= 11 is 0. The van der Waals surface area contributed by atoms with Crippen LogP contribution < -0.4 is 4.72 Å². The molecular weight excluding hydrogens is 298 g/mol. The highest BCUT2D eigenvalue weighted by Crippen LogP contribution is 2.12. The van der Waals surface area contributed by atoms with Gasteiger partial charge in [-0.15, -0.1) is 0 Å². The molecule has 1 aromatic carbocycles. The summed E-state index contributed by atoms with van der Waals surface area (Å²) in [6.07, 6.45) is -0.219. The molecule has 0 bridgehead atoms. The topological polar surface area (TPSA) is 98.8 Å². The Hall–Kier alpha value is -2.09. The zero-order chi connectivity index (χ0) is 15.9. The Bertz CT molecular complexity index is 594. The Morgan fingerprint density at radius 3 is 2.33 bits per heavy atom. The first-order chi connectivity index (χ1) is 9.88. The lowest BCUT2D eigenvalue weighted by Crippen LogP contribution is -2.20. The fourth-order valence-electron chi connectivity index (χ4n) is 1.47. The number of esters is 2. The van der Waals surface area contributed by atoms with E-state index in [0.717, 1.165) is 0 Å². The van der Waals surface area contributed by atoms with E-state index in [1.807, 2.05) is 0 Å². The number of hydrogen-bond acceptors (Lipinski definition) is 6. The average molecular weight is 315 g/mol. The van der Waals surface area contributed by atoms with Crippen LogP contribution in [0.15, 0.2) is 24.3 Å². The molecule has 0 unspecified atom stereocenters. The van der Waals surface area contributed by atoms with E-state index in [2.05, 4.69) is 14.2 Å². The fourth-order valence-corrected chi connectivity index (χ4v) is 2.51. The predicted octanol–water partition coefficient (Wildman–Crippen LogP) is 1.17. The molecule has 116 valence electrons. The third-order valence-corrected chi connectivity index (χ3v) is 3.75. The van der Waals surface area contributed by atoms with E-state index >= 15 is 0 Å². The van der Waals surface area contributed by atoms with Crippen molar-refractivity contribution in [2.45, 2.75) is 13.3 Å². The van der Waals surface area contributed by atoms with Gasteiger partial charge in [0.25, 0.3) is 0 Å². The average Bonchev–Trinajstić information content (AvgIpc) is 2.45. The Kier molecular flexibility index (Phi) is 6.16. The maximum absolute atomic E-state index is 11.8. The molecule has 1 rings (SSSR count). The van der Waals surface area contributed by atoms with Crippen LogP contribution in [0.4, 0.5) is 5.69 Å². The van der Waals surface area contributed by atoms with Crippen molar-refractivity contribution < 1.29 is 27.5 Å². The van der Waals surface area contributed by atoms with Crippen LogP contribution in [0.5, 0.6) is 0 Å². The predicted molar refractivity (Wildman–Crippen MR) is 76.4 cm³/mol. The lowest BCUT2D eigenvalue weighted by Gasteiger charge is -2.08. The van der Waals surface area contributed by atoms with Crippen LogP contribution in [-0.2, 0) is 24.3 Å². The molecule has 8 heteroatoms. The molecule has 0 atom stereocenters. The van der Waals surface area contributed by atoms with E-state index in [1.54, 1.807) is 6.92 Å². The zero-order valence-corrected chi connectivity index (χ0v) is 12.6. The van der Waals surface area contributed by atoms with Crippen molar-refractivity contribution in [2.75, 3.05) is 24.2 Å². The number of anilines is 1. The van der Waals surface area contributed by atoms with Crippen LogP contribution in [-0.4, -0.2) is 39.8 Å². The molecule has 7 nitrogen and oxygen atoms in total. The minimum Gasteiger partial charge on any atom is -0.466 e. The van der Waals surface area contributed by atoms with Crippen molar-refractivity contribution in [1.29, 1.82) is 0 Å². The van der Waals surface area contributed by atoms with E-state index in [4.69, 9.17) is 0 Å². The van der Waals surface area contributed by atoms with E-state index in [9.17, 15) is 18.0 Å². The first-order valence-corrected chi connectivity index (χ1v) is 7.87. The minimum atomic E-state index is -3.65. The zero-order valence-electron chi connectivity index (χ0n) is 11.8. The van der Waals surface area contributed by atoms with Crippen molar-refractivity contribution >= 4 is 27.6 Å². The van der Waals surface area contributed by atoms with Crippen LogP contribution in [0, 0.1) is 0 Å². The largest absolute Gasteiger partial charge is 0.466 e. The molecule has 0 aromatic heterocycles. The van der Waals surface area contributed by atoms with Gasteiger partial charge in [0, 0.05) is 5.69 Å². The number of ether oxygens (including phenoxy) is 2. The highest BCUT2D eigenvalue weighted by molar-refractivity contribution is 7.92. The number of carbonyl (C=O) groups is 2. The molecule has 21 heavy (non-hydrogen) atoms. The molecule has 1 N–H and O–H groups in total. The summed E-state index contributed by atoms with van der Waals surface area (Å²) in [4.78, 5) is 22.4. The van der Waals surface area contributed by atoms with Crippen LogP contribution in [0.3, 0.4) is 0 Å². The van der Waals surface area contributed by atoms with Gasteiger partial charge in [0.2, 0.25) is 10.0 Å². The monoisotopic (exact) mass is 315 g/mol. The molecular formula is C13H17NO6S. The molecule has 0 aliphatic carbocycles. The minimum absolute atomic E-state index is 0.210. The Balaban J connectivity index is 2.63. The summed E-state index contributed by atoms with van der Waals surface area (Å²) in [7, 11) is -2.40. The second-order valence-corrected chi connectivity index (χ2v) is 5.89. The third kappa shape index (κ3) is 5.82. The van der Waals surface area contributed by atoms with Gasteiger partial charge in [0.15, 0.2) is 0 Å². The number of benzene rings is 1. The van der Waals surface area contributed by atoms with Crippen molar-refractivity contribution in [3.05, 3.63) is 29.8 Å². The number of sulfonamides is 1. The summed E-state index contributed by atoms with van der Waals surface area (Å²) in [5, 5.41) is 0. The highest BCUT2D eigenvalue weighted by Gasteiger charge is 2.14. The van der Waals surface area contributed by atoms with Gasteiger partial charge in [0.05, 0.1) is 31.5 Å².